The Morgan fingerprint density at radius 1 is 1.05 bits per heavy atom. The molecular weight excluding hydrogens is 318 g/mol. The SMILES string of the molecule is CCCCOC(CCC(=O)CC(=O)O)OCCCC.[GaH3]. The summed E-state index contributed by atoms with van der Waals surface area (Å²) < 4.78 is 11.1. The Hall–Kier alpha value is -0.304. The van der Waals surface area contributed by atoms with Crippen LogP contribution in [0.3, 0.4) is 0 Å². The van der Waals surface area contributed by atoms with Crippen LogP contribution in [-0.4, -0.2) is 56.2 Å². The molecule has 5 nitrogen and oxygen atoms in total. The molecule has 0 rings (SSSR count). The second-order valence-electron chi connectivity index (χ2n) is 4.53. The number of ether oxygens (including phenoxy) is 2. The minimum atomic E-state index is -1.08. The van der Waals surface area contributed by atoms with Crippen molar-refractivity contribution in [2.75, 3.05) is 13.2 Å². The fraction of sp³-hybridized carbons (Fsp3) is 0.857. The molecule has 20 heavy (non-hydrogen) atoms. The van der Waals surface area contributed by atoms with Gasteiger partial charge >= 0.3 is 25.8 Å². The van der Waals surface area contributed by atoms with E-state index in [2.05, 4.69) is 13.8 Å². The zero-order chi connectivity index (χ0) is 14.5. The van der Waals surface area contributed by atoms with Crippen LogP contribution in [0, 0.1) is 0 Å². The molecule has 0 radical (unpaired) electrons. The normalized spacial score (nSPS) is 10.3. The van der Waals surface area contributed by atoms with E-state index >= 15 is 0 Å². The van der Waals surface area contributed by atoms with Crippen LogP contribution in [-0.2, 0) is 19.1 Å². The van der Waals surface area contributed by atoms with Gasteiger partial charge < -0.3 is 14.6 Å². The van der Waals surface area contributed by atoms with Gasteiger partial charge in [-0.2, -0.15) is 0 Å². The monoisotopic (exact) mass is 346 g/mol. The van der Waals surface area contributed by atoms with E-state index in [9.17, 15) is 9.59 Å². The molecule has 0 unspecified atom stereocenters. The van der Waals surface area contributed by atoms with Crippen molar-refractivity contribution in [3.8, 4) is 0 Å². The molecule has 0 fully saturated rings. The van der Waals surface area contributed by atoms with Gasteiger partial charge in [0.05, 0.1) is 0 Å². The molecule has 0 aliphatic rings. The molecule has 0 atom stereocenters. The van der Waals surface area contributed by atoms with E-state index in [0.29, 0.717) is 19.6 Å². The molecule has 6 heteroatoms. The first kappa shape index (κ1) is 22.0. The van der Waals surface area contributed by atoms with Gasteiger partial charge in [0.15, 0.2) is 6.29 Å². The summed E-state index contributed by atoms with van der Waals surface area (Å²) in [5.74, 6) is -1.36. The maximum absolute atomic E-state index is 11.3. The van der Waals surface area contributed by atoms with Crippen molar-refractivity contribution >= 4 is 31.5 Å². The molecular formula is C14H29GaO5. The summed E-state index contributed by atoms with van der Waals surface area (Å²) >= 11 is 0. The quantitative estimate of drug-likeness (QED) is 0.237. The van der Waals surface area contributed by atoms with E-state index in [1.165, 1.54) is 0 Å². The number of carboxylic acids is 1. The molecule has 0 saturated carbocycles. The summed E-state index contributed by atoms with van der Waals surface area (Å²) in [5.41, 5.74) is 0. The van der Waals surface area contributed by atoms with Crippen LogP contribution in [0.1, 0.15) is 58.8 Å². The number of carboxylic acid groups (broad SMARTS) is 1. The van der Waals surface area contributed by atoms with E-state index < -0.39 is 18.7 Å². The van der Waals surface area contributed by atoms with E-state index in [0.717, 1.165) is 25.7 Å². The molecule has 0 bridgehead atoms. The number of hydrogen-bond donors (Lipinski definition) is 1. The predicted molar refractivity (Wildman–Crippen MR) is 81.9 cm³/mol. The van der Waals surface area contributed by atoms with Crippen molar-refractivity contribution in [3.05, 3.63) is 0 Å². The van der Waals surface area contributed by atoms with Crippen molar-refractivity contribution in [3.63, 3.8) is 0 Å². The summed E-state index contributed by atoms with van der Waals surface area (Å²) in [7, 11) is 0. The van der Waals surface area contributed by atoms with Crippen molar-refractivity contribution in [1.29, 1.82) is 0 Å². The third-order valence-electron chi connectivity index (χ3n) is 2.61. The molecule has 0 saturated heterocycles. The Kier molecular flexibility index (Phi) is 16.6. The molecule has 0 spiro atoms. The standard InChI is InChI=1S/C14H26O5.Ga.3H/c1-3-5-9-18-14(19-10-6-4-2)8-7-12(15)11-13(16)17;;;;/h14H,3-11H2,1-2H3,(H,16,17);;;;. The third kappa shape index (κ3) is 14.1. The Balaban J connectivity index is 0. The molecule has 118 valence electrons. The van der Waals surface area contributed by atoms with Crippen LogP contribution in [0.2, 0.25) is 0 Å². The second-order valence-corrected chi connectivity index (χ2v) is 4.53. The first-order valence-corrected chi connectivity index (χ1v) is 7.06. The number of aliphatic carboxylic acids is 1. The molecule has 0 heterocycles. The van der Waals surface area contributed by atoms with Crippen LogP contribution in [0.4, 0.5) is 0 Å². The zero-order valence-electron chi connectivity index (χ0n) is 12.0. The summed E-state index contributed by atoms with van der Waals surface area (Å²) in [6.07, 6.45) is 3.80. The average molecular weight is 347 g/mol. The van der Waals surface area contributed by atoms with Crippen molar-refractivity contribution < 1.29 is 24.2 Å². The fourth-order valence-corrected chi connectivity index (χ4v) is 1.47. The van der Waals surface area contributed by atoms with Gasteiger partial charge in [-0.3, -0.25) is 9.59 Å². The van der Waals surface area contributed by atoms with E-state index in [4.69, 9.17) is 14.6 Å². The van der Waals surface area contributed by atoms with E-state index in [-0.39, 0.29) is 32.0 Å². The van der Waals surface area contributed by atoms with Gasteiger partial charge in [-0.05, 0) is 12.8 Å². The van der Waals surface area contributed by atoms with Gasteiger partial charge in [-0.25, -0.2) is 0 Å². The van der Waals surface area contributed by atoms with E-state index in [1.54, 1.807) is 0 Å². The van der Waals surface area contributed by atoms with Crippen LogP contribution < -0.4 is 0 Å². The Morgan fingerprint density at radius 2 is 1.55 bits per heavy atom. The van der Waals surface area contributed by atoms with Crippen molar-refractivity contribution in [2.45, 2.75) is 65.1 Å². The molecule has 1 N–H and O–H groups in total. The van der Waals surface area contributed by atoms with Crippen LogP contribution in [0.5, 0.6) is 0 Å². The summed E-state index contributed by atoms with van der Waals surface area (Å²) in [6, 6.07) is 0. The summed E-state index contributed by atoms with van der Waals surface area (Å²) in [5, 5.41) is 8.51. The third-order valence-corrected chi connectivity index (χ3v) is 2.61. The number of hydrogen-bond acceptors (Lipinski definition) is 4. The van der Waals surface area contributed by atoms with E-state index in [1.807, 2.05) is 0 Å². The number of carbonyl (C=O) groups excluding carboxylic acids is 1. The van der Waals surface area contributed by atoms with Crippen LogP contribution in [0.25, 0.3) is 0 Å². The van der Waals surface area contributed by atoms with Gasteiger partial charge in [-0.1, -0.05) is 26.7 Å². The molecule has 0 aliphatic heterocycles. The van der Waals surface area contributed by atoms with Gasteiger partial charge in [0.2, 0.25) is 0 Å². The van der Waals surface area contributed by atoms with Gasteiger partial charge in [-0.15, -0.1) is 0 Å². The summed E-state index contributed by atoms with van der Waals surface area (Å²) in [4.78, 5) is 21.7. The Labute approximate surface area is 134 Å². The molecule has 0 aromatic heterocycles. The van der Waals surface area contributed by atoms with Crippen LogP contribution in [0.15, 0.2) is 0 Å². The Bertz CT molecular complexity index is 248. The molecule has 0 aromatic carbocycles. The molecule has 0 aromatic rings. The maximum atomic E-state index is 11.3. The molecule has 0 aliphatic carbocycles. The number of rotatable bonds is 13. The zero-order valence-corrected chi connectivity index (χ0v) is 12.0. The molecule has 0 amide bonds. The first-order chi connectivity index (χ1) is 9.10. The van der Waals surface area contributed by atoms with Gasteiger partial charge in [0, 0.05) is 26.1 Å². The fourth-order valence-electron chi connectivity index (χ4n) is 1.47. The number of ketones is 1. The van der Waals surface area contributed by atoms with Gasteiger partial charge in [0.25, 0.3) is 0 Å². The number of unbranched alkanes of at least 4 members (excludes halogenated alkanes) is 2. The first-order valence-electron chi connectivity index (χ1n) is 7.06. The Morgan fingerprint density at radius 3 is 1.95 bits per heavy atom. The number of Topliss-reactive ketones (excluding diaryl/α,β-unsaturated/α-hetero) is 1. The topological polar surface area (TPSA) is 72.8 Å². The predicted octanol–water partition coefficient (Wildman–Crippen LogP) is 1.59. The van der Waals surface area contributed by atoms with Crippen LogP contribution >= 0.6 is 0 Å². The van der Waals surface area contributed by atoms with Gasteiger partial charge in [0.1, 0.15) is 12.2 Å². The number of carbonyl (C=O) groups is 2. The second kappa shape index (κ2) is 15.1. The summed E-state index contributed by atoms with van der Waals surface area (Å²) in [6.45, 7) is 5.38. The van der Waals surface area contributed by atoms with Crippen molar-refractivity contribution in [2.24, 2.45) is 0 Å². The minimum absolute atomic E-state index is 0. The average Bonchev–Trinajstić information content (AvgIpc) is 2.35. The van der Waals surface area contributed by atoms with Crippen molar-refractivity contribution in [1.82, 2.24) is 0 Å².